The molecule has 36 heavy (non-hydrogen) atoms. The van der Waals surface area contributed by atoms with Crippen molar-refractivity contribution in [2.75, 3.05) is 38.9 Å². The number of para-hydroxylation sites is 1. The van der Waals surface area contributed by atoms with Crippen molar-refractivity contribution in [3.05, 3.63) is 70.2 Å². The van der Waals surface area contributed by atoms with Crippen LogP contribution in [0.2, 0.25) is 10.0 Å². The fraction of sp³-hybridized carbons (Fsp3) is 0.240. The molecule has 0 heterocycles. The van der Waals surface area contributed by atoms with E-state index in [1.165, 1.54) is 23.2 Å². The van der Waals surface area contributed by atoms with Gasteiger partial charge in [-0.1, -0.05) is 41.4 Å². The Balaban J connectivity index is 1.86. The smallest absolute Gasteiger partial charge is 0.335 e. The Bertz CT molecular complexity index is 1270. The lowest BCUT2D eigenvalue weighted by Crippen LogP contribution is -2.45. The van der Waals surface area contributed by atoms with Gasteiger partial charge in [-0.05, 0) is 48.7 Å². The number of carbonyl (C=O) groups is 3. The first-order valence-corrected chi connectivity index (χ1v) is 11.6. The van der Waals surface area contributed by atoms with E-state index in [2.05, 4.69) is 0 Å². The van der Waals surface area contributed by atoms with Gasteiger partial charge in [-0.25, -0.2) is 9.80 Å². The zero-order valence-electron chi connectivity index (χ0n) is 19.9. The number of aromatic carboxylic acids is 1. The van der Waals surface area contributed by atoms with Gasteiger partial charge in [-0.15, -0.1) is 0 Å². The van der Waals surface area contributed by atoms with E-state index in [9.17, 15) is 19.5 Å². The summed E-state index contributed by atoms with van der Waals surface area (Å²) in [5.41, 5.74) is 0.328. The van der Waals surface area contributed by atoms with Crippen LogP contribution in [0, 0.1) is 0 Å². The lowest BCUT2D eigenvalue weighted by molar-refractivity contribution is -0.151. The second-order valence-corrected chi connectivity index (χ2v) is 8.65. The van der Waals surface area contributed by atoms with Crippen molar-refractivity contribution >= 4 is 57.4 Å². The molecule has 0 atom stereocenters. The molecule has 0 fully saturated rings. The fourth-order valence-electron chi connectivity index (χ4n) is 3.56. The minimum Gasteiger partial charge on any atom is -0.483 e. The topological polar surface area (TPSA) is 99.6 Å². The molecular formula is C25H25Cl2N3O6. The third-order valence-electron chi connectivity index (χ3n) is 5.13. The SMILES string of the molecule is CCN(C(=O)CON(C(=O)COc1cc(C(=O)O)cc2cc(Cl)cc(Cl)c12)c1ccccc1)N(C)C. The Labute approximate surface area is 218 Å². The number of hydroxylamine groups is 1. The molecule has 3 aromatic carbocycles. The molecule has 1 N–H and O–H groups in total. The number of rotatable bonds is 10. The van der Waals surface area contributed by atoms with Crippen LogP contribution in [-0.4, -0.2) is 66.8 Å². The second kappa shape index (κ2) is 12.0. The summed E-state index contributed by atoms with van der Waals surface area (Å²) in [6.07, 6.45) is 0. The number of likely N-dealkylation sites (N-methyl/N-ethyl adjacent to an activating group) is 1. The van der Waals surface area contributed by atoms with Crippen LogP contribution in [0.1, 0.15) is 17.3 Å². The molecule has 3 rings (SSSR count). The number of halogens is 2. The van der Waals surface area contributed by atoms with Crippen molar-refractivity contribution < 1.29 is 29.1 Å². The number of anilines is 1. The van der Waals surface area contributed by atoms with Crippen LogP contribution in [0.3, 0.4) is 0 Å². The van der Waals surface area contributed by atoms with Crippen molar-refractivity contribution in [3.63, 3.8) is 0 Å². The quantitative estimate of drug-likeness (QED) is 0.382. The Kier molecular flexibility index (Phi) is 9.11. The molecule has 0 radical (unpaired) electrons. The molecular weight excluding hydrogens is 509 g/mol. The van der Waals surface area contributed by atoms with Crippen LogP contribution in [0.5, 0.6) is 5.75 Å². The van der Waals surface area contributed by atoms with Gasteiger partial charge in [-0.3, -0.25) is 19.4 Å². The lowest BCUT2D eigenvalue weighted by Gasteiger charge is -2.29. The van der Waals surface area contributed by atoms with Crippen LogP contribution >= 0.6 is 23.2 Å². The highest BCUT2D eigenvalue weighted by Crippen LogP contribution is 2.36. The molecule has 2 amide bonds. The number of hydrazine groups is 1. The fourth-order valence-corrected chi connectivity index (χ4v) is 4.16. The Morgan fingerprint density at radius 2 is 1.64 bits per heavy atom. The highest BCUT2D eigenvalue weighted by Gasteiger charge is 2.23. The van der Waals surface area contributed by atoms with Crippen LogP contribution in [0.25, 0.3) is 10.8 Å². The number of benzene rings is 3. The molecule has 190 valence electrons. The number of carboxylic acids is 1. The third-order valence-corrected chi connectivity index (χ3v) is 5.65. The number of carboxylic acid groups (broad SMARTS) is 1. The van der Waals surface area contributed by atoms with E-state index < -0.39 is 25.1 Å². The average molecular weight is 534 g/mol. The third kappa shape index (κ3) is 6.44. The zero-order chi connectivity index (χ0) is 26.4. The molecule has 0 aliphatic carbocycles. The van der Waals surface area contributed by atoms with E-state index in [4.69, 9.17) is 32.8 Å². The van der Waals surface area contributed by atoms with Gasteiger partial charge >= 0.3 is 5.97 Å². The van der Waals surface area contributed by atoms with Gasteiger partial charge in [0.2, 0.25) is 0 Å². The van der Waals surface area contributed by atoms with Crippen LogP contribution in [0.4, 0.5) is 5.69 Å². The van der Waals surface area contributed by atoms with Crippen molar-refractivity contribution in [1.29, 1.82) is 0 Å². The van der Waals surface area contributed by atoms with Gasteiger partial charge in [0.1, 0.15) is 5.75 Å². The molecule has 0 bridgehead atoms. The summed E-state index contributed by atoms with van der Waals surface area (Å²) >= 11 is 12.4. The Morgan fingerprint density at radius 1 is 0.944 bits per heavy atom. The van der Waals surface area contributed by atoms with Gasteiger partial charge in [0.05, 0.1) is 16.3 Å². The zero-order valence-corrected chi connectivity index (χ0v) is 21.4. The first kappa shape index (κ1) is 27.2. The van der Waals surface area contributed by atoms with E-state index in [1.54, 1.807) is 55.5 Å². The predicted molar refractivity (Wildman–Crippen MR) is 137 cm³/mol. The molecule has 9 nitrogen and oxygen atoms in total. The van der Waals surface area contributed by atoms with E-state index in [-0.39, 0.29) is 22.2 Å². The van der Waals surface area contributed by atoms with Gasteiger partial charge in [0, 0.05) is 31.0 Å². The summed E-state index contributed by atoms with van der Waals surface area (Å²) in [7, 11) is 3.45. The van der Waals surface area contributed by atoms with Crippen molar-refractivity contribution in [2.45, 2.75) is 6.92 Å². The van der Waals surface area contributed by atoms with Gasteiger partial charge in [-0.2, -0.15) is 5.06 Å². The van der Waals surface area contributed by atoms with E-state index in [1.807, 2.05) is 6.92 Å². The van der Waals surface area contributed by atoms with Crippen LogP contribution < -0.4 is 9.80 Å². The number of fused-ring (bicyclic) bond motifs is 1. The largest absolute Gasteiger partial charge is 0.483 e. The van der Waals surface area contributed by atoms with Crippen LogP contribution in [-0.2, 0) is 14.4 Å². The van der Waals surface area contributed by atoms with Crippen molar-refractivity contribution in [3.8, 4) is 5.75 Å². The number of hydrogen-bond acceptors (Lipinski definition) is 6. The maximum absolute atomic E-state index is 13.2. The average Bonchev–Trinajstić information content (AvgIpc) is 2.82. The standard InChI is InChI=1S/C25H25Cl2N3O6/c1-4-29(28(2)3)22(31)15-36-30(19-8-6-5-7-9-19)23(32)14-35-21-12-17(25(33)34)10-16-11-18(26)13-20(27)24(16)21/h5-13H,4,14-15H2,1-3H3,(H,33,34). The summed E-state index contributed by atoms with van der Waals surface area (Å²) in [6.45, 7) is 1.33. The van der Waals surface area contributed by atoms with E-state index in [0.717, 1.165) is 5.06 Å². The highest BCUT2D eigenvalue weighted by atomic mass is 35.5. The number of carbonyl (C=O) groups excluding carboxylic acids is 2. The normalized spacial score (nSPS) is 10.9. The monoisotopic (exact) mass is 533 g/mol. The van der Waals surface area contributed by atoms with Gasteiger partial charge in [0.25, 0.3) is 11.8 Å². The van der Waals surface area contributed by atoms with Crippen LogP contribution in [0.15, 0.2) is 54.6 Å². The highest BCUT2D eigenvalue weighted by molar-refractivity contribution is 6.39. The molecule has 0 aliphatic heterocycles. The maximum atomic E-state index is 13.2. The molecule has 0 unspecified atom stereocenters. The van der Waals surface area contributed by atoms with Gasteiger partial charge in [0.15, 0.2) is 13.2 Å². The number of hydrogen-bond donors (Lipinski definition) is 1. The minimum absolute atomic E-state index is 0.0617. The van der Waals surface area contributed by atoms with Crippen molar-refractivity contribution in [2.24, 2.45) is 0 Å². The summed E-state index contributed by atoms with van der Waals surface area (Å²) in [5, 5.41) is 15.0. The summed E-state index contributed by atoms with van der Waals surface area (Å²) < 4.78 is 5.74. The Hall–Kier alpha value is -3.37. The van der Waals surface area contributed by atoms with E-state index in [0.29, 0.717) is 28.0 Å². The van der Waals surface area contributed by atoms with E-state index >= 15 is 0 Å². The number of amides is 2. The summed E-state index contributed by atoms with van der Waals surface area (Å²) in [5.74, 6) is -2.06. The predicted octanol–water partition coefficient (Wildman–Crippen LogP) is 4.51. The number of nitrogens with zero attached hydrogens (tertiary/aromatic N) is 3. The first-order valence-electron chi connectivity index (χ1n) is 10.9. The molecule has 0 saturated heterocycles. The molecule has 0 aliphatic rings. The molecule has 11 heteroatoms. The lowest BCUT2D eigenvalue weighted by atomic mass is 10.1. The molecule has 3 aromatic rings. The van der Waals surface area contributed by atoms with Crippen molar-refractivity contribution in [1.82, 2.24) is 10.0 Å². The summed E-state index contributed by atoms with van der Waals surface area (Å²) in [4.78, 5) is 43.0. The molecule has 0 aromatic heterocycles. The second-order valence-electron chi connectivity index (χ2n) is 7.81. The minimum atomic E-state index is -1.18. The first-order chi connectivity index (χ1) is 17.1. The molecule has 0 spiro atoms. The van der Waals surface area contributed by atoms with Gasteiger partial charge < -0.3 is 9.84 Å². The molecule has 0 saturated carbocycles. The Morgan fingerprint density at radius 3 is 2.25 bits per heavy atom. The maximum Gasteiger partial charge on any atom is 0.335 e. The summed E-state index contributed by atoms with van der Waals surface area (Å²) in [6, 6.07) is 14.2. The number of ether oxygens (including phenoxy) is 1.